The molecule has 0 spiro atoms. The summed E-state index contributed by atoms with van der Waals surface area (Å²) in [6.07, 6.45) is 11.0. The van der Waals surface area contributed by atoms with Gasteiger partial charge in [-0.05, 0) is 61.7 Å². The molecular formula is C19H27NO. The molecule has 3 fully saturated rings. The number of Topliss-reactive ketones (excluding diaryl/α,β-unsaturated/α-hetero) is 1. The van der Waals surface area contributed by atoms with Crippen molar-refractivity contribution >= 4 is 11.5 Å². The predicted octanol–water partition coefficient (Wildman–Crippen LogP) is 4.54. The van der Waals surface area contributed by atoms with E-state index in [2.05, 4.69) is 19.9 Å². The van der Waals surface area contributed by atoms with E-state index in [9.17, 15) is 4.79 Å². The highest BCUT2D eigenvalue weighted by Gasteiger charge is 2.58. The van der Waals surface area contributed by atoms with Gasteiger partial charge in [0.25, 0.3) is 0 Å². The van der Waals surface area contributed by atoms with E-state index in [0.717, 1.165) is 62.5 Å². The molecule has 2 nitrogen and oxygen atoms in total. The van der Waals surface area contributed by atoms with Gasteiger partial charge in [-0.25, -0.2) is 0 Å². The topological polar surface area (TPSA) is 40.9 Å². The maximum atomic E-state index is 12.4. The monoisotopic (exact) mass is 285 g/mol. The number of nitrogens with one attached hydrogen (secondary N) is 1. The van der Waals surface area contributed by atoms with Crippen molar-refractivity contribution in [1.82, 2.24) is 0 Å². The molecular weight excluding hydrogens is 258 g/mol. The van der Waals surface area contributed by atoms with E-state index in [1.807, 2.05) is 0 Å². The SMILES string of the molecule is C[C@]12CCC(=N)CC1=CC[C@@H]1[C@H]2CC[C@]2(C)C(=O)CC[C@@H]12. The molecule has 0 saturated heterocycles. The van der Waals surface area contributed by atoms with E-state index >= 15 is 0 Å². The van der Waals surface area contributed by atoms with Crippen molar-refractivity contribution < 1.29 is 4.79 Å². The van der Waals surface area contributed by atoms with Crippen LogP contribution in [0.3, 0.4) is 0 Å². The Hall–Kier alpha value is -0.920. The normalized spacial score (nSPS) is 49.2. The van der Waals surface area contributed by atoms with Crippen LogP contribution in [0, 0.1) is 34.0 Å². The van der Waals surface area contributed by atoms with E-state index in [0.29, 0.717) is 17.1 Å². The lowest BCUT2D eigenvalue weighted by atomic mass is 9.48. The second-order valence-corrected chi connectivity index (χ2v) is 8.46. The minimum absolute atomic E-state index is 0.00968. The van der Waals surface area contributed by atoms with Crippen LogP contribution in [0.25, 0.3) is 0 Å². The second-order valence-electron chi connectivity index (χ2n) is 8.46. The second kappa shape index (κ2) is 4.30. The Labute approximate surface area is 127 Å². The van der Waals surface area contributed by atoms with Crippen LogP contribution in [0.4, 0.5) is 0 Å². The maximum absolute atomic E-state index is 12.4. The number of hydrogen-bond acceptors (Lipinski definition) is 2. The Bertz CT molecular complexity index is 548. The third-order valence-corrected chi connectivity index (χ3v) is 7.68. The first-order valence-corrected chi connectivity index (χ1v) is 8.74. The molecule has 3 saturated carbocycles. The Kier molecular flexibility index (Phi) is 2.81. The summed E-state index contributed by atoms with van der Waals surface area (Å²) < 4.78 is 0. The molecule has 0 aliphatic heterocycles. The minimum atomic E-state index is -0.00968. The van der Waals surface area contributed by atoms with Gasteiger partial charge in [-0.15, -0.1) is 0 Å². The lowest BCUT2D eigenvalue weighted by Gasteiger charge is -2.56. The zero-order valence-electron chi connectivity index (χ0n) is 13.4. The summed E-state index contributed by atoms with van der Waals surface area (Å²) in [6.45, 7) is 4.71. The van der Waals surface area contributed by atoms with Gasteiger partial charge in [-0.1, -0.05) is 25.5 Å². The van der Waals surface area contributed by atoms with Gasteiger partial charge in [0.2, 0.25) is 0 Å². The number of fused-ring (bicyclic) bond motifs is 5. The molecule has 4 aliphatic carbocycles. The molecule has 21 heavy (non-hydrogen) atoms. The zero-order valence-corrected chi connectivity index (χ0v) is 13.4. The summed E-state index contributed by atoms with van der Waals surface area (Å²) in [5.41, 5.74) is 2.78. The van der Waals surface area contributed by atoms with Crippen LogP contribution in [-0.2, 0) is 4.79 Å². The van der Waals surface area contributed by atoms with Crippen LogP contribution in [0.15, 0.2) is 11.6 Å². The number of allylic oxidation sites excluding steroid dienone is 2. The molecule has 0 aromatic rings. The Morgan fingerprint density at radius 2 is 1.86 bits per heavy atom. The molecule has 0 bridgehead atoms. The highest BCUT2D eigenvalue weighted by molar-refractivity contribution is 5.87. The third kappa shape index (κ3) is 1.71. The van der Waals surface area contributed by atoms with Crippen molar-refractivity contribution in [3.05, 3.63) is 11.6 Å². The number of ketones is 1. The lowest BCUT2D eigenvalue weighted by Crippen LogP contribution is -2.50. The summed E-state index contributed by atoms with van der Waals surface area (Å²) in [5.74, 6) is 2.64. The maximum Gasteiger partial charge on any atom is 0.139 e. The third-order valence-electron chi connectivity index (χ3n) is 7.68. The fraction of sp³-hybridized carbons (Fsp3) is 0.789. The average Bonchev–Trinajstić information content (AvgIpc) is 2.76. The van der Waals surface area contributed by atoms with Crippen molar-refractivity contribution in [3.63, 3.8) is 0 Å². The van der Waals surface area contributed by atoms with Crippen LogP contribution in [0.5, 0.6) is 0 Å². The fourth-order valence-corrected chi connectivity index (χ4v) is 6.28. The van der Waals surface area contributed by atoms with Gasteiger partial charge in [-0.2, -0.15) is 0 Å². The summed E-state index contributed by atoms with van der Waals surface area (Å²) in [5, 5.41) is 8.02. The fourth-order valence-electron chi connectivity index (χ4n) is 6.28. The highest BCUT2D eigenvalue weighted by Crippen LogP contribution is 2.63. The number of rotatable bonds is 0. The molecule has 4 aliphatic rings. The van der Waals surface area contributed by atoms with Crippen molar-refractivity contribution in [2.45, 2.75) is 65.2 Å². The Balaban J connectivity index is 1.71. The summed E-state index contributed by atoms with van der Waals surface area (Å²) >= 11 is 0. The number of carbonyl (C=O) groups excluding carboxylic acids is 1. The molecule has 0 radical (unpaired) electrons. The van der Waals surface area contributed by atoms with Crippen LogP contribution >= 0.6 is 0 Å². The average molecular weight is 285 g/mol. The lowest BCUT2D eigenvalue weighted by molar-refractivity contribution is -0.131. The molecule has 0 aromatic heterocycles. The van der Waals surface area contributed by atoms with Gasteiger partial charge in [0.1, 0.15) is 5.78 Å². The Morgan fingerprint density at radius 3 is 2.67 bits per heavy atom. The quantitative estimate of drug-likeness (QED) is 0.652. The first-order valence-electron chi connectivity index (χ1n) is 8.74. The van der Waals surface area contributed by atoms with Gasteiger partial charge in [0.15, 0.2) is 0 Å². The first-order chi connectivity index (χ1) is 9.95. The summed E-state index contributed by atoms with van der Waals surface area (Å²) in [6, 6.07) is 0. The van der Waals surface area contributed by atoms with E-state index in [1.165, 1.54) is 6.42 Å². The molecule has 4 rings (SSSR count). The molecule has 2 heteroatoms. The number of hydrogen-bond donors (Lipinski definition) is 1. The molecule has 0 unspecified atom stereocenters. The van der Waals surface area contributed by atoms with Crippen LogP contribution in [-0.4, -0.2) is 11.5 Å². The van der Waals surface area contributed by atoms with Gasteiger partial charge >= 0.3 is 0 Å². The van der Waals surface area contributed by atoms with Crippen LogP contribution < -0.4 is 0 Å². The minimum Gasteiger partial charge on any atom is -0.309 e. The van der Waals surface area contributed by atoms with Crippen LogP contribution in [0.2, 0.25) is 0 Å². The molecule has 0 aromatic carbocycles. The van der Waals surface area contributed by atoms with E-state index in [-0.39, 0.29) is 5.41 Å². The predicted molar refractivity (Wildman–Crippen MR) is 84.4 cm³/mol. The smallest absolute Gasteiger partial charge is 0.139 e. The molecule has 114 valence electrons. The van der Waals surface area contributed by atoms with Crippen molar-refractivity contribution in [1.29, 1.82) is 5.41 Å². The van der Waals surface area contributed by atoms with Gasteiger partial charge in [-0.3, -0.25) is 4.79 Å². The first kappa shape index (κ1) is 13.7. The van der Waals surface area contributed by atoms with E-state index < -0.39 is 0 Å². The summed E-state index contributed by atoms with van der Waals surface area (Å²) in [4.78, 5) is 12.4. The number of carbonyl (C=O) groups is 1. The van der Waals surface area contributed by atoms with Gasteiger partial charge in [0, 0.05) is 24.0 Å². The van der Waals surface area contributed by atoms with Gasteiger partial charge in [0.05, 0.1) is 0 Å². The van der Waals surface area contributed by atoms with E-state index in [4.69, 9.17) is 5.41 Å². The Morgan fingerprint density at radius 1 is 1.10 bits per heavy atom. The molecule has 5 atom stereocenters. The highest BCUT2D eigenvalue weighted by atomic mass is 16.1. The molecule has 0 heterocycles. The standard InChI is InChI=1S/C19H27NO/c1-18-9-7-13(20)11-12(18)3-4-14-15-5-6-17(21)19(15,2)10-8-16(14)18/h3,14-16,20H,4-11H2,1-2H3/t14-,15-,16+,18-,19-/m0/s1. The molecule has 1 N–H and O–H groups in total. The molecule has 0 amide bonds. The van der Waals surface area contributed by atoms with Crippen molar-refractivity contribution in [2.24, 2.45) is 28.6 Å². The zero-order chi connectivity index (χ0) is 14.8. The van der Waals surface area contributed by atoms with Gasteiger partial charge < -0.3 is 5.41 Å². The van der Waals surface area contributed by atoms with Crippen molar-refractivity contribution in [2.75, 3.05) is 0 Å². The van der Waals surface area contributed by atoms with Crippen LogP contribution in [0.1, 0.15) is 65.2 Å². The summed E-state index contributed by atoms with van der Waals surface area (Å²) in [7, 11) is 0. The van der Waals surface area contributed by atoms with Crippen molar-refractivity contribution in [3.8, 4) is 0 Å². The largest absolute Gasteiger partial charge is 0.309 e. The van der Waals surface area contributed by atoms with E-state index in [1.54, 1.807) is 5.57 Å².